The Kier molecular flexibility index (Phi) is 5.24. The lowest BCUT2D eigenvalue weighted by Crippen LogP contribution is -2.07. The summed E-state index contributed by atoms with van der Waals surface area (Å²) in [6, 6.07) is 7.16. The van der Waals surface area contributed by atoms with Gasteiger partial charge in [0.05, 0.1) is 6.42 Å². The van der Waals surface area contributed by atoms with Gasteiger partial charge in [0.15, 0.2) is 5.78 Å². The zero-order valence-corrected chi connectivity index (χ0v) is 10.3. The number of hydrogen-bond donors (Lipinski definition) is 1. The molecule has 0 amide bonds. The van der Waals surface area contributed by atoms with Crippen LogP contribution in [0.25, 0.3) is 0 Å². The molecule has 0 heterocycles. The van der Waals surface area contributed by atoms with Gasteiger partial charge in [0, 0.05) is 24.8 Å². The van der Waals surface area contributed by atoms with Crippen molar-refractivity contribution in [1.82, 2.24) is 0 Å². The molecule has 96 valence electrons. The van der Waals surface area contributed by atoms with Crippen LogP contribution in [0.2, 0.25) is 0 Å². The molecule has 0 unspecified atom stereocenters. The minimum absolute atomic E-state index is 0.00346. The van der Waals surface area contributed by atoms with E-state index in [4.69, 9.17) is 5.11 Å². The summed E-state index contributed by atoms with van der Waals surface area (Å²) in [5.74, 6) is -1.26. The quantitative estimate of drug-likeness (QED) is 0.752. The van der Waals surface area contributed by atoms with Crippen LogP contribution < -0.4 is 0 Å². The summed E-state index contributed by atoms with van der Waals surface area (Å²) in [6.45, 7) is 1.93. The van der Waals surface area contributed by atoms with Gasteiger partial charge in [0.2, 0.25) is 0 Å². The monoisotopic (exact) mass is 248 g/mol. The van der Waals surface area contributed by atoms with Crippen LogP contribution in [0.1, 0.15) is 41.6 Å². The molecule has 0 spiro atoms. The van der Waals surface area contributed by atoms with E-state index in [2.05, 4.69) is 0 Å². The van der Waals surface area contributed by atoms with Crippen molar-refractivity contribution in [1.29, 1.82) is 0 Å². The topological polar surface area (TPSA) is 71.4 Å². The van der Waals surface area contributed by atoms with Gasteiger partial charge in [-0.2, -0.15) is 0 Å². The minimum atomic E-state index is -0.992. The summed E-state index contributed by atoms with van der Waals surface area (Å²) < 4.78 is 0. The second-order valence-electron chi connectivity index (χ2n) is 4.22. The summed E-state index contributed by atoms with van der Waals surface area (Å²) in [6.07, 6.45) is 0.0789. The summed E-state index contributed by atoms with van der Waals surface area (Å²) in [4.78, 5) is 33.3. The number of carbonyl (C=O) groups is 3. The van der Waals surface area contributed by atoms with E-state index in [1.165, 1.54) is 0 Å². The lowest BCUT2D eigenvalue weighted by molar-refractivity contribution is -0.138. The molecule has 1 rings (SSSR count). The first-order valence-electron chi connectivity index (χ1n) is 5.82. The highest BCUT2D eigenvalue weighted by atomic mass is 16.4. The normalized spacial score (nSPS) is 10.1. The maximum Gasteiger partial charge on any atom is 0.303 e. The molecule has 0 saturated heterocycles. The van der Waals surface area contributed by atoms with Crippen LogP contribution in [-0.4, -0.2) is 22.6 Å². The molecular formula is C14H16O4. The molecule has 0 aromatic heterocycles. The van der Waals surface area contributed by atoms with Crippen LogP contribution in [0.5, 0.6) is 0 Å². The van der Waals surface area contributed by atoms with Crippen LogP contribution in [0, 0.1) is 6.92 Å². The first-order valence-corrected chi connectivity index (χ1v) is 5.82. The third-order valence-corrected chi connectivity index (χ3v) is 2.62. The SMILES string of the molecule is Cc1ccc(C(=O)CCC(=O)CCC(=O)O)cc1. The Morgan fingerprint density at radius 2 is 1.50 bits per heavy atom. The molecule has 1 aromatic rings. The number of Topliss-reactive ketones (excluding diaryl/α,β-unsaturated/α-hetero) is 2. The molecule has 0 aliphatic rings. The number of ketones is 2. The lowest BCUT2D eigenvalue weighted by Gasteiger charge is -2.01. The fourth-order valence-electron chi connectivity index (χ4n) is 1.51. The minimum Gasteiger partial charge on any atom is -0.481 e. The Hall–Kier alpha value is -1.97. The molecule has 0 fully saturated rings. The number of aliphatic carboxylic acids is 1. The summed E-state index contributed by atoms with van der Waals surface area (Å²) in [7, 11) is 0. The molecule has 0 aliphatic heterocycles. The van der Waals surface area contributed by atoms with Crippen molar-refractivity contribution in [3.8, 4) is 0 Å². The van der Waals surface area contributed by atoms with Crippen molar-refractivity contribution in [2.75, 3.05) is 0 Å². The smallest absolute Gasteiger partial charge is 0.303 e. The van der Waals surface area contributed by atoms with Crippen molar-refractivity contribution < 1.29 is 19.5 Å². The molecular weight excluding hydrogens is 232 g/mol. The van der Waals surface area contributed by atoms with Gasteiger partial charge >= 0.3 is 5.97 Å². The Balaban J connectivity index is 2.39. The summed E-state index contributed by atoms with van der Waals surface area (Å²) >= 11 is 0. The lowest BCUT2D eigenvalue weighted by atomic mass is 10.0. The van der Waals surface area contributed by atoms with Crippen LogP contribution >= 0.6 is 0 Å². The maximum atomic E-state index is 11.7. The highest BCUT2D eigenvalue weighted by Crippen LogP contribution is 2.09. The first kappa shape index (κ1) is 14.1. The molecule has 1 aromatic carbocycles. The highest BCUT2D eigenvalue weighted by molar-refractivity contribution is 5.98. The fraction of sp³-hybridized carbons (Fsp3) is 0.357. The van der Waals surface area contributed by atoms with Gasteiger partial charge in [-0.25, -0.2) is 0 Å². The number of carboxylic acid groups (broad SMARTS) is 1. The molecule has 0 aliphatic carbocycles. The van der Waals surface area contributed by atoms with E-state index in [0.29, 0.717) is 5.56 Å². The van der Waals surface area contributed by atoms with E-state index in [1.807, 2.05) is 19.1 Å². The van der Waals surface area contributed by atoms with Crippen LogP contribution in [-0.2, 0) is 9.59 Å². The second-order valence-corrected chi connectivity index (χ2v) is 4.22. The van der Waals surface area contributed by atoms with Crippen molar-refractivity contribution >= 4 is 17.5 Å². The van der Waals surface area contributed by atoms with Crippen molar-refractivity contribution in [3.63, 3.8) is 0 Å². The molecule has 4 heteroatoms. The Morgan fingerprint density at radius 1 is 0.944 bits per heavy atom. The average Bonchev–Trinajstić information content (AvgIpc) is 2.34. The largest absolute Gasteiger partial charge is 0.481 e. The molecule has 0 radical (unpaired) electrons. The van der Waals surface area contributed by atoms with Crippen LogP contribution in [0.4, 0.5) is 0 Å². The zero-order chi connectivity index (χ0) is 13.5. The molecule has 0 atom stereocenters. The zero-order valence-electron chi connectivity index (χ0n) is 10.3. The van der Waals surface area contributed by atoms with Gasteiger partial charge in [-0.1, -0.05) is 29.8 Å². The molecule has 18 heavy (non-hydrogen) atoms. The van der Waals surface area contributed by atoms with Crippen molar-refractivity contribution in [3.05, 3.63) is 35.4 Å². The predicted molar refractivity (Wildman–Crippen MR) is 66.6 cm³/mol. The summed E-state index contributed by atoms with van der Waals surface area (Å²) in [5.41, 5.74) is 1.66. The van der Waals surface area contributed by atoms with Crippen molar-refractivity contribution in [2.45, 2.75) is 32.6 Å². The molecule has 0 saturated carbocycles. The molecule has 1 N–H and O–H groups in total. The van der Waals surface area contributed by atoms with Gasteiger partial charge in [0.25, 0.3) is 0 Å². The third-order valence-electron chi connectivity index (χ3n) is 2.62. The van der Waals surface area contributed by atoms with Gasteiger partial charge < -0.3 is 5.11 Å². The number of benzene rings is 1. The van der Waals surface area contributed by atoms with Gasteiger partial charge in [-0.05, 0) is 6.92 Å². The van der Waals surface area contributed by atoms with Gasteiger partial charge in [-0.3, -0.25) is 14.4 Å². The highest BCUT2D eigenvalue weighted by Gasteiger charge is 2.10. The van der Waals surface area contributed by atoms with Crippen molar-refractivity contribution in [2.24, 2.45) is 0 Å². The van der Waals surface area contributed by atoms with Gasteiger partial charge in [0.1, 0.15) is 5.78 Å². The standard InChI is InChI=1S/C14H16O4/c1-10-2-4-11(5-3-10)13(16)8-6-12(15)7-9-14(17)18/h2-5H,6-9H2,1H3,(H,17,18). The number of carbonyl (C=O) groups excluding carboxylic acids is 2. The van der Waals surface area contributed by atoms with E-state index < -0.39 is 5.97 Å². The number of rotatable bonds is 7. The Bertz CT molecular complexity index is 445. The number of hydrogen-bond acceptors (Lipinski definition) is 3. The fourth-order valence-corrected chi connectivity index (χ4v) is 1.51. The van der Waals surface area contributed by atoms with Gasteiger partial charge in [-0.15, -0.1) is 0 Å². The first-order chi connectivity index (χ1) is 8.49. The van der Waals surface area contributed by atoms with Crippen LogP contribution in [0.3, 0.4) is 0 Å². The number of carboxylic acids is 1. The molecule has 0 bridgehead atoms. The van der Waals surface area contributed by atoms with Crippen LogP contribution in [0.15, 0.2) is 24.3 Å². The number of aryl methyl sites for hydroxylation is 1. The second kappa shape index (κ2) is 6.69. The Morgan fingerprint density at radius 3 is 2.06 bits per heavy atom. The van der Waals surface area contributed by atoms with E-state index >= 15 is 0 Å². The van der Waals surface area contributed by atoms with E-state index in [0.717, 1.165) is 5.56 Å². The van der Waals surface area contributed by atoms with E-state index in [-0.39, 0.29) is 37.2 Å². The third kappa shape index (κ3) is 4.91. The summed E-state index contributed by atoms with van der Waals surface area (Å²) in [5, 5.41) is 8.42. The maximum absolute atomic E-state index is 11.7. The molecule has 4 nitrogen and oxygen atoms in total. The predicted octanol–water partition coefficient (Wildman–Crippen LogP) is 2.39. The van der Waals surface area contributed by atoms with E-state index in [1.54, 1.807) is 12.1 Å². The average molecular weight is 248 g/mol. The van der Waals surface area contributed by atoms with E-state index in [9.17, 15) is 14.4 Å². The Labute approximate surface area is 106 Å².